The Morgan fingerprint density at radius 2 is 0.818 bits per heavy atom. The molecule has 0 amide bonds. The number of ether oxygens (including phenoxy) is 3. The van der Waals surface area contributed by atoms with Crippen molar-refractivity contribution in [2.24, 2.45) is 0 Å². The molecule has 5 aromatic carbocycles. The zero-order valence-electron chi connectivity index (χ0n) is 24.1. The van der Waals surface area contributed by atoms with Crippen LogP contribution in [-0.2, 0) is 0 Å². The van der Waals surface area contributed by atoms with E-state index in [9.17, 15) is 10.2 Å². The predicted molar refractivity (Wildman–Crippen MR) is 170 cm³/mol. The number of rotatable bonds is 14. The van der Waals surface area contributed by atoms with E-state index >= 15 is 0 Å². The van der Waals surface area contributed by atoms with Crippen molar-refractivity contribution in [2.45, 2.75) is 12.2 Å². The lowest BCUT2D eigenvalue weighted by Gasteiger charge is -2.26. The van der Waals surface area contributed by atoms with E-state index < -0.39 is 12.2 Å². The average molecular weight is 594 g/mol. The maximum absolute atomic E-state index is 9.63. The van der Waals surface area contributed by atoms with E-state index in [1.165, 1.54) is 0 Å². The van der Waals surface area contributed by atoms with E-state index in [0.717, 1.165) is 39.7 Å². The van der Waals surface area contributed by atoms with Gasteiger partial charge in [-0.1, -0.05) is 42.5 Å². The van der Waals surface area contributed by atoms with E-state index in [-0.39, 0.29) is 26.4 Å². The summed E-state index contributed by atoms with van der Waals surface area (Å²) in [6.45, 7) is -0.683. The van der Waals surface area contributed by atoms with Crippen molar-refractivity contribution >= 4 is 17.1 Å². The van der Waals surface area contributed by atoms with Crippen LogP contribution in [0.3, 0.4) is 0 Å². The second-order valence-electron chi connectivity index (χ2n) is 10.1. The normalized spacial score (nSPS) is 12.3. The van der Waals surface area contributed by atoms with Crippen LogP contribution in [0.1, 0.15) is 0 Å². The van der Waals surface area contributed by atoms with Gasteiger partial charge in [-0.05, 0) is 96.1 Å². The number of nitrogens with zero attached hydrogens (tertiary/aromatic N) is 1. The summed E-state index contributed by atoms with van der Waals surface area (Å²) in [6.07, 6.45) is -1.86. The molecule has 0 aliphatic carbocycles. The largest absolute Gasteiger partial charge is 0.491 e. The van der Waals surface area contributed by atoms with Crippen molar-refractivity contribution in [3.63, 3.8) is 0 Å². The smallest absolute Gasteiger partial charge is 0.127 e. The van der Waals surface area contributed by atoms with Crippen molar-refractivity contribution in [1.29, 1.82) is 0 Å². The zero-order valence-corrected chi connectivity index (χ0v) is 24.1. The van der Waals surface area contributed by atoms with Crippen molar-refractivity contribution < 1.29 is 34.6 Å². The van der Waals surface area contributed by atoms with Gasteiger partial charge in [0, 0.05) is 17.1 Å². The van der Waals surface area contributed by atoms with Crippen LogP contribution in [0, 0.1) is 0 Å². The van der Waals surface area contributed by atoms with Gasteiger partial charge in [-0.2, -0.15) is 0 Å². The minimum atomic E-state index is -0.941. The molecule has 2 unspecified atom stereocenters. The molecule has 0 radical (unpaired) electrons. The third-order valence-corrected chi connectivity index (χ3v) is 6.79. The number of hydrogen-bond donors (Lipinski definition) is 4. The Kier molecular flexibility index (Phi) is 10.5. The molecule has 0 aliphatic heterocycles. The number of anilines is 3. The van der Waals surface area contributed by atoms with Gasteiger partial charge in [0.15, 0.2) is 0 Å². The summed E-state index contributed by atoms with van der Waals surface area (Å²) < 4.78 is 17.1. The van der Waals surface area contributed by atoms with Crippen LogP contribution in [-0.4, -0.2) is 59.1 Å². The Bertz CT molecular complexity index is 1560. The lowest BCUT2D eigenvalue weighted by atomic mass is 10.0. The van der Waals surface area contributed by atoms with Crippen molar-refractivity contribution in [1.82, 2.24) is 0 Å². The summed E-state index contributed by atoms with van der Waals surface area (Å²) in [7, 11) is 0. The van der Waals surface area contributed by atoms with Gasteiger partial charge < -0.3 is 39.5 Å². The van der Waals surface area contributed by atoms with Crippen LogP contribution >= 0.6 is 0 Å². The fourth-order valence-electron chi connectivity index (χ4n) is 4.46. The van der Waals surface area contributed by atoms with Gasteiger partial charge >= 0.3 is 0 Å². The molecule has 0 spiro atoms. The highest BCUT2D eigenvalue weighted by molar-refractivity contribution is 5.78. The Labute approximate surface area is 256 Å². The molecule has 0 aliphatic rings. The molecule has 4 N–H and O–H groups in total. The molecule has 0 aromatic heterocycles. The molecule has 44 heavy (non-hydrogen) atoms. The van der Waals surface area contributed by atoms with Crippen LogP contribution in [0.25, 0.3) is 11.1 Å². The van der Waals surface area contributed by atoms with Crippen LogP contribution in [0.4, 0.5) is 17.1 Å². The van der Waals surface area contributed by atoms with Gasteiger partial charge in [0.25, 0.3) is 0 Å². The summed E-state index contributed by atoms with van der Waals surface area (Å²) in [6, 6.07) is 40.8. The van der Waals surface area contributed by atoms with E-state index in [2.05, 4.69) is 4.90 Å². The third-order valence-electron chi connectivity index (χ3n) is 6.79. The molecule has 5 aromatic rings. The third kappa shape index (κ3) is 8.15. The fourth-order valence-corrected chi connectivity index (χ4v) is 4.46. The molecule has 0 saturated carbocycles. The molecule has 0 bridgehead atoms. The standard InChI is InChI=1S/C36H35NO7/c38-22-31(40)24-42-33-16-8-27(9-17-33)26-6-10-28(11-7-26)37(29-12-18-34(19-13-29)43-25-32(41)23-39)30-14-20-36(21-15-30)44-35-4-2-1-3-5-35/h1-21,31-32,38-41H,22-25H2. The molecular weight excluding hydrogens is 558 g/mol. The average Bonchev–Trinajstić information content (AvgIpc) is 3.08. The van der Waals surface area contributed by atoms with E-state index in [1.54, 1.807) is 0 Å². The summed E-state index contributed by atoms with van der Waals surface area (Å²) in [5, 5.41) is 37.2. The van der Waals surface area contributed by atoms with E-state index in [1.807, 2.05) is 127 Å². The highest BCUT2D eigenvalue weighted by Crippen LogP contribution is 2.37. The van der Waals surface area contributed by atoms with E-state index in [4.69, 9.17) is 24.4 Å². The van der Waals surface area contributed by atoms with Gasteiger partial charge in [-0.3, -0.25) is 0 Å². The Balaban J connectivity index is 1.38. The number of benzene rings is 5. The van der Waals surface area contributed by atoms with E-state index in [0.29, 0.717) is 11.5 Å². The molecule has 0 fully saturated rings. The summed E-state index contributed by atoms with van der Waals surface area (Å²) in [5.41, 5.74) is 4.79. The zero-order chi connectivity index (χ0) is 30.7. The van der Waals surface area contributed by atoms with Gasteiger partial charge in [0.05, 0.1) is 13.2 Å². The molecule has 0 heterocycles. The summed E-state index contributed by atoms with van der Waals surface area (Å²) in [4.78, 5) is 2.12. The first-order chi connectivity index (χ1) is 21.5. The SMILES string of the molecule is OCC(O)COc1ccc(-c2ccc(N(c3ccc(OCC(O)CO)cc3)c3ccc(Oc4ccccc4)cc3)cc2)cc1. The van der Waals surface area contributed by atoms with Gasteiger partial charge in [-0.25, -0.2) is 0 Å². The van der Waals surface area contributed by atoms with Gasteiger partial charge in [0.1, 0.15) is 48.4 Å². The van der Waals surface area contributed by atoms with Crippen molar-refractivity contribution in [2.75, 3.05) is 31.3 Å². The van der Waals surface area contributed by atoms with Crippen molar-refractivity contribution in [3.05, 3.63) is 127 Å². The summed E-state index contributed by atoms with van der Waals surface area (Å²) in [5.74, 6) is 2.68. The number of hydrogen-bond acceptors (Lipinski definition) is 8. The molecular formula is C36H35NO7. The minimum absolute atomic E-state index is 0.00160. The topological polar surface area (TPSA) is 112 Å². The molecule has 8 heteroatoms. The first-order valence-electron chi connectivity index (χ1n) is 14.3. The lowest BCUT2D eigenvalue weighted by molar-refractivity contribution is 0.0536. The molecule has 0 saturated heterocycles. The van der Waals surface area contributed by atoms with Crippen LogP contribution in [0.2, 0.25) is 0 Å². The fraction of sp³-hybridized carbons (Fsp3) is 0.167. The monoisotopic (exact) mass is 593 g/mol. The van der Waals surface area contributed by atoms with Crippen LogP contribution < -0.4 is 19.1 Å². The molecule has 5 rings (SSSR count). The van der Waals surface area contributed by atoms with Crippen molar-refractivity contribution in [3.8, 4) is 34.1 Å². The number of aliphatic hydroxyl groups excluding tert-OH is 4. The number of aliphatic hydroxyl groups is 4. The van der Waals surface area contributed by atoms with Gasteiger partial charge in [0.2, 0.25) is 0 Å². The Morgan fingerprint density at radius 3 is 1.27 bits per heavy atom. The lowest BCUT2D eigenvalue weighted by Crippen LogP contribution is -2.21. The second kappa shape index (κ2) is 15.0. The second-order valence-corrected chi connectivity index (χ2v) is 10.1. The predicted octanol–water partition coefficient (Wildman–Crippen LogP) is 6.08. The Hall–Kier alpha value is -4.86. The maximum atomic E-state index is 9.63. The highest BCUT2D eigenvalue weighted by atomic mass is 16.5. The number of para-hydroxylation sites is 1. The van der Waals surface area contributed by atoms with Gasteiger partial charge in [-0.15, -0.1) is 0 Å². The minimum Gasteiger partial charge on any atom is -0.491 e. The highest BCUT2D eigenvalue weighted by Gasteiger charge is 2.14. The van der Waals surface area contributed by atoms with Crippen LogP contribution in [0.15, 0.2) is 127 Å². The maximum Gasteiger partial charge on any atom is 0.127 e. The quantitative estimate of drug-likeness (QED) is 0.123. The molecule has 226 valence electrons. The summed E-state index contributed by atoms with van der Waals surface area (Å²) >= 11 is 0. The first-order valence-corrected chi connectivity index (χ1v) is 14.3. The first kappa shape index (κ1) is 30.6. The molecule has 8 nitrogen and oxygen atoms in total. The van der Waals surface area contributed by atoms with Crippen LogP contribution in [0.5, 0.6) is 23.0 Å². The molecule has 2 atom stereocenters. The Morgan fingerprint density at radius 1 is 0.455 bits per heavy atom.